The Morgan fingerprint density at radius 2 is 1.95 bits per heavy atom. The summed E-state index contributed by atoms with van der Waals surface area (Å²) in [6.07, 6.45) is 2.34. The third-order valence-electron chi connectivity index (χ3n) is 3.36. The molecular weight excluding hydrogens is 262 g/mol. The maximum absolute atomic E-state index is 11.9. The summed E-state index contributed by atoms with van der Waals surface area (Å²) < 4.78 is 0. The van der Waals surface area contributed by atoms with Crippen LogP contribution in [0.15, 0.2) is 0 Å². The van der Waals surface area contributed by atoms with E-state index < -0.39 is 12.0 Å². The van der Waals surface area contributed by atoms with E-state index in [1.807, 2.05) is 6.92 Å². The molecule has 1 heterocycles. The lowest BCUT2D eigenvalue weighted by Crippen LogP contribution is -2.51. The Labute approximate surface area is 118 Å². The maximum atomic E-state index is 11.9. The van der Waals surface area contributed by atoms with Crippen LogP contribution in [-0.4, -0.2) is 53.0 Å². The highest BCUT2D eigenvalue weighted by atomic mass is 16.4. The van der Waals surface area contributed by atoms with Gasteiger partial charge in [0.25, 0.3) is 0 Å². The van der Waals surface area contributed by atoms with E-state index in [9.17, 15) is 14.4 Å². The van der Waals surface area contributed by atoms with E-state index in [1.54, 1.807) is 4.90 Å². The van der Waals surface area contributed by atoms with Crippen molar-refractivity contribution in [1.29, 1.82) is 0 Å². The van der Waals surface area contributed by atoms with Crippen molar-refractivity contribution < 1.29 is 19.5 Å². The van der Waals surface area contributed by atoms with Gasteiger partial charge >= 0.3 is 5.97 Å². The second-order valence-electron chi connectivity index (χ2n) is 5.12. The third kappa shape index (κ3) is 5.16. The molecule has 1 saturated heterocycles. The summed E-state index contributed by atoms with van der Waals surface area (Å²) in [5.41, 5.74) is 5.56. The van der Waals surface area contributed by atoms with Crippen molar-refractivity contribution in [3.63, 3.8) is 0 Å². The predicted octanol–water partition coefficient (Wildman–Crippen LogP) is -0.304. The number of carbonyl (C=O) groups excluding carboxylic acids is 2. The Morgan fingerprint density at radius 1 is 1.35 bits per heavy atom. The van der Waals surface area contributed by atoms with Gasteiger partial charge in [-0.05, 0) is 19.3 Å². The number of carboxylic acid groups (broad SMARTS) is 1. The van der Waals surface area contributed by atoms with E-state index >= 15 is 0 Å². The molecule has 0 aliphatic carbocycles. The van der Waals surface area contributed by atoms with Crippen molar-refractivity contribution in [2.75, 3.05) is 13.1 Å². The molecule has 1 atom stereocenters. The van der Waals surface area contributed by atoms with Gasteiger partial charge in [0.15, 0.2) is 0 Å². The molecule has 0 aromatic rings. The van der Waals surface area contributed by atoms with Crippen LogP contribution in [0.3, 0.4) is 0 Å². The Bertz CT molecular complexity index is 365. The first-order valence-electron chi connectivity index (χ1n) is 6.99. The lowest BCUT2D eigenvalue weighted by atomic mass is 10.0. The highest BCUT2D eigenvalue weighted by Crippen LogP contribution is 2.12. The Kier molecular flexibility index (Phi) is 6.44. The minimum Gasteiger partial charge on any atom is -0.481 e. The minimum atomic E-state index is -1.08. The van der Waals surface area contributed by atoms with Gasteiger partial charge in [-0.2, -0.15) is 0 Å². The summed E-state index contributed by atoms with van der Waals surface area (Å²) in [6.45, 7) is 2.96. The Balaban J connectivity index is 2.36. The normalized spacial score (nSPS) is 17.6. The van der Waals surface area contributed by atoms with Crippen LogP contribution < -0.4 is 11.1 Å². The number of nitrogens with two attached hydrogens (primary N) is 1. The van der Waals surface area contributed by atoms with E-state index in [0.29, 0.717) is 32.4 Å². The molecule has 1 fully saturated rings. The first-order chi connectivity index (χ1) is 9.43. The van der Waals surface area contributed by atoms with E-state index in [1.165, 1.54) is 0 Å². The average Bonchev–Trinajstić information content (AvgIpc) is 2.38. The quantitative estimate of drug-likeness (QED) is 0.620. The van der Waals surface area contributed by atoms with E-state index in [4.69, 9.17) is 10.8 Å². The van der Waals surface area contributed by atoms with Crippen LogP contribution in [0.5, 0.6) is 0 Å². The van der Waals surface area contributed by atoms with Gasteiger partial charge in [-0.1, -0.05) is 6.92 Å². The molecule has 0 spiro atoms. The highest BCUT2D eigenvalue weighted by molar-refractivity contribution is 5.86. The number of nitrogens with zero attached hydrogens (tertiary/aromatic N) is 1. The number of hydrogen-bond donors (Lipinski definition) is 3. The number of amides is 2. The molecule has 20 heavy (non-hydrogen) atoms. The summed E-state index contributed by atoms with van der Waals surface area (Å²) >= 11 is 0. The third-order valence-corrected chi connectivity index (χ3v) is 3.36. The van der Waals surface area contributed by atoms with Crippen molar-refractivity contribution in [3.8, 4) is 0 Å². The van der Waals surface area contributed by atoms with Gasteiger partial charge in [0, 0.05) is 25.6 Å². The summed E-state index contributed by atoms with van der Waals surface area (Å²) in [5, 5.41) is 11.6. The SMILES string of the molecule is CCCC(=O)NC1CCN(C(=O)C(N)CC(=O)O)CC1. The minimum absolute atomic E-state index is 0.0415. The molecule has 114 valence electrons. The van der Waals surface area contributed by atoms with E-state index in [-0.39, 0.29) is 24.3 Å². The van der Waals surface area contributed by atoms with Crippen molar-refractivity contribution in [1.82, 2.24) is 10.2 Å². The molecule has 7 heteroatoms. The van der Waals surface area contributed by atoms with Crippen molar-refractivity contribution >= 4 is 17.8 Å². The van der Waals surface area contributed by atoms with Gasteiger partial charge in [0.1, 0.15) is 0 Å². The van der Waals surface area contributed by atoms with Crippen LogP contribution in [0.2, 0.25) is 0 Å². The number of hydrogen-bond acceptors (Lipinski definition) is 4. The second-order valence-corrected chi connectivity index (χ2v) is 5.12. The molecule has 0 aromatic heterocycles. The Morgan fingerprint density at radius 3 is 2.45 bits per heavy atom. The Hall–Kier alpha value is -1.63. The summed E-state index contributed by atoms with van der Waals surface area (Å²) in [4.78, 5) is 35.5. The van der Waals surface area contributed by atoms with Gasteiger partial charge < -0.3 is 21.1 Å². The lowest BCUT2D eigenvalue weighted by molar-refractivity contribution is -0.142. The van der Waals surface area contributed by atoms with Crippen molar-refractivity contribution in [2.45, 2.75) is 51.1 Å². The fourth-order valence-electron chi connectivity index (χ4n) is 2.28. The molecule has 1 rings (SSSR count). The molecule has 1 aliphatic heterocycles. The summed E-state index contributed by atoms with van der Waals surface area (Å²) in [6, 6.07) is -0.896. The lowest BCUT2D eigenvalue weighted by Gasteiger charge is -2.33. The number of piperidine rings is 1. The molecule has 2 amide bonds. The van der Waals surface area contributed by atoms with Gasteiger partial charge in [0.2, 0.25) is 11.8 Å². The zero-order chi connectivity index (χ0) is 15.1. The van der Waals surface area contributed by atoms with Gasteiger partial charge in [-0.25, -0.2) is 0 Å². The van der Waals surface area contributed by atoms with Crippen molar-refractivity contribution in [3.05, 3.63) is 0 Å². The first-order valence-corrected chi connectivity index (χ1v) is 6.99. The maximum Gasteiger partial charge on any atom is 0.305 e. The summed E-state index contributed by atoms with van der Waals surface area (Å²) in [7, 11) is 0. The van der Waals surface area contributed by atoms with Crippen LogP contribution in [0.1, 0.15) is 39.0 Å². The smallest absolute Gasteiger partial charge is 0.305 e. The molecule has 4 N–H and O–H groups in total. The van der Waals surface area contributed by atoms with Gasteiger partial charge in [-0.15, -0.1) is 0 Å². The number of likely N-dealkylation sites (tertiary alicyclic amines) is 1. The van der Waals surface area contributed by atoms with Gasteiger partial charge in [-0.3, -0.25) is 14.4 Å². The first kappa shape index (κ1) is 16.4. The van der Waals surface area contributed by atoms with Crippen LogP contribution in [0, 0.1) is 0 Å². The molecule has 1 unspecified atom stereocenters. The van der Waals surface area contributed by atoms with Crippen molar-refractivity contribution in [2.24, 2.45) is 5.73 Å². The molecule has 1 aliphatic rings. The largest absolute Gasteiger partial charge is 0.481 e. The van der Waals surface area contributed by atoms with E-state index in [0.717, 1.165) is 6.42 Å². The van der Waals surface area contributed by atoms with Crippen LogP contribution in [-0.2, 0) is 14.4 Å². The molecule has 7 nitrogen and oxygen atoms in total. The number of nitrogens with one attached hydrogen (secondary N) is 1. The van der Waals surface area contributed by atoms with Crippen LogP contribution >= 0.6 is 0 Å². The average molecular weight is 285 g/mol. The van der Waals surface area contributed by atoms with E-state index in [2.05, 4.69) is 5.32 Å². The highest BCUT2D eigenvalue weighted by Gasteiger charge is 2.27. The van der Waals surface area contributed by atoms with Gasteiger partial charge in [0.05, 0.1) is 12.5 Å². The number of rotatable bonds is 6. The predicted molar refractivity (Wildman–Crippen MR) is 72.9 cm³/mol. The monoisotopic (exact) mass is 285 g/mol. The molecule has 0 aromatic carbocycles. The molecule has 0 saturated carbocycles. The van der Waals surface area contributed by atoms with Crippen LogP contribution in [0.4, 0.5) is 0 Å². The number of carboxylic acids is 1. The molecular formula is C13H23N3O4. The molecule has 0 bridgehead atoms. The molecule has 0 radical (unpaired) electrons. The number of aliphatic carboxylic acids is 1. The summed E-state index contributed by atoms with van der Waals surface area (Å²) in [5.74, 6) is -1.36. The topological polar surface area (TPSA) is 113 Å². The van der Waals surface area contributed by atoms with Crippen LogP contribution in [0.25, 0.3) is 0 Å². The standard InChI is InChI=1S/C13H23N3O4/c1-2-3-11(17)15-9-4-6-16(7-5-9)13(20)10(14)8-12(18)19/h9-10H,2-8,14H2,1H3,(H,15,17)(H,18,19). The fraction of sp³-hybridized carbons (Fsp3) is 0.769. The number of carbonyl (C=O) groups is 3. The zero-order valence-corrected chi connectivity index (χ0v) is 11.8. The fourth-order valence-corrected chi connectivity index (χ4v) is 2.28. The zero-order valence-electron chi connectivity index (χ0n) is 11.8. The second kappa shape index (κ2) is 7.84.